The second kappa shape index (κ2) is 9.18. The minimum Gasteiger partial charge on any atom is -0.368 e. The predicted molar refractivity (Wildman–Crippen MR) is 119 cm³/mol. The zero-order valence-corrected chi connectivity index (χ0v) is 17.4. The summed E-state index contributed by atoms with van der Waals surface area (Å²) in [5.41, 5.74) is 1.15. The van der Waals surface area contributed by atoms with Crippen molar-refractivity contribution in [3.63, 3.8) is 0 Å². The van der Waals surface area contributed by atoms with Gasteiger partial charge >= 0.3 is 0 Å². The highest BCUT2D eigenvalue weighted by atomic mass is 35.5. The number of aromatic nitrogens is 2. The molecule has 160 valence electrons. The lowest BCUT2D eigenvalue weighted by Gasteiger charge is -2.36. The fraction of sp³-hybridized carbons (Fsp3) is 0.227. The van der Waals surface area contributed by atoms with Gasteiger partial charge in [0.2, 0.25) is 5.91 Å². The highest BCUT2D eigenvalue weighted by Gasteiger charge is 2.19. The molecule has 0 unspecified atom stereocenters. The van der Waals surface area contributed by atoms with Gasteiger partial charge in [0.25, 0.3) is 5.56 Å². The van der Waals surface area contributed by atoms with Crippen LogP contribution in [-0.4, -0.2) is 41.9 Å². The average molecular weight is 442 g/mol. The molecule has 0 atom stereocenters. The Morgan fingerprint density at radius 1 is 1.00 bits per heavy atom. The standard InChI is InChI=1S/C22H21ClFN5O2/c23-18-14-16(6-7-19(18)24)25-21(30)15-29-22(31)9-8-20(26-29)28-12-10-27(11-13-28)17-4-2-1-3-5-17/h1-9,14H,10-13,15H2,(H,25,30). The van der Waals surface area contributed by atoms with Gasteiger partial charge in [0, 0.05) is 43.6 Å². The second-order valence-corrected chi connectivity index (χ2v) is 7.58. The van der Waals surface area contributed by atoms with E-state index in [0.717, 1.165) is 36.9 Å². The maximum atomic E-state index is 13.3. The Balaban J connectivity index is 1.41. The minimum atomic E-state index is -0.572. The molecule has 2 aromatic carbocycles. The van der Waals surface area contributed by atoms with Crippen LogP contribution in [0.2, 0.25) is 5.02 Å². The first-order valence-electron chi connectivity index (χ1n) is 9.87. The van der Waals surface area contributed by atoms with Gasteiger partial charge in [0.15, 0.2) is 0 Å². The van der Waals surface area contributed by atoms with Gasteiger partial charge < -0.3 is 15.1 Å². The summed E-state index contributed by atoms with van der Waals surface area (Å²) in [4.78, 5) is 28.9. The van der Waals surface area contributed by atoms with Crippen molar-refractivity contribution in [3.05, 3.63) is 81.9 Å². The first kappa shape index (κ1) is 20.9. The Kier molecular flexibility index (Phi) is 6.18. The number of carbonyl (C=O) groups excluding carboxylic acids is 1. The number of amides is 1. The number of anilines is 3. The van der Waals surface area contributed by atoms with E-state index < -0.39 is 11.7 Å². The van der Waals surface area contributed by atoms with Gasteiger partial charge in [0.05, 0.1) is 5.02 Å². The summed E-state index contributed by atoms with van der Waals surface area (Å²) in [6, 6.07) is 17.2. The molecule has 9 heteroatoms. The van der Waals surface area contributed by atoms with Crippen LogP contribution in [0, 0.1) is 5.82 Å². The SMILES string of the molecule is O=C(Cn1nc(N2CCN(c3ccccc3)CC2)ccc1=O)Nc1ccc(F)c(Cl)c1. The van der Waals surface area contributed by atoms with E-state index in [4.69, 9.17) is 11.6 Å². The third-order valence-corrected chi connectivity index (χ3v) is 5.36. The molecule has 7 nitrogen and oxygen atoms in total. The van der Waals surface area contributed by atoms with Crippen LogP contribution in [-0.2, 0) is 11.3 Å². The van der Waals surface area contributed by atoms with Crippen molar-refractivity contribution in [2.45, 2.75) is 6.54 Å². The fourth-order valence-electron chi connectivity index (χ4n) is 3.46. The van der Waals surface area contributed by atoms with E-state index in [1.54, 1.807) is 6.07 Å². The van der Waals surface area contributed by atoms with Crippen molar-refractivity contribution in [3.8, 4) is 0 Å². The Morgan fingerprint density at radius 2 is 1.71 bits per heavy atom. The topological polar surface area (TPSA) is 70.5 Å². The third kappa shape index (κ3) is 5.03. The number of benzene rings is 2. The molecule has 3 aromatic rings. The largest absolute Gasteiger partial charge is 0.368 e. The molecule has 0 saturated carbocycles. The van der Waals surface area contributed by atoms with Crippen LogP contribution >= 0.6 is 11.6 Å². The predicted octanol–water partition coefficient (Wildman–Crippen LogP) is 3.00. The second-order valence-electron chi connectivity index (χ2n) is 7.17. The van der Waals surface area contributed by atoms with Crippen LogP contribution in [0.1, 0.15) is 0 Å². The summed E-state index contributed by atoms with van der Waals surface area (Å²) in [5, 5.41) is 6.88. The number of hydrogen-bond donors (Lipinski definition) is 1. The zero-order chi connectivity index (χ0) is 21.8. The van der Waals surface area contributed by atoms with E-state index >= 15 is 0 Å². The number of piperazine rings is 1. The van der Waals surface area contributed by atoms with Crippen LogP contribution in [0.4, 0.5) is 21.6 Å². The highest BCUT2D eigenvalue weighted by molar-refractivity contribution is 6.31. The summed E-state index contributed by atoms with van der Waals surface area (Å²) in [6.07, 6.45) is 0. The molecule has 1 N–H and O–H groups in total. The summed E-state index contributed by atoms with van der Waals surface area (Å²) in [6.45, 7) is 2.90. The van der Waals surface area contributed by atoms with E-state index in [1.807, 2.05) is 18.2 Å². The van der Waals surface area contributed by atoms with Gasteiger partial charge in [-0.25, -0.2) is 9.07 Å². The van der Waals surface area contributed by atoms with E-state index in [0.29, 0.717) is 11.5 Å². The normalized spacial score (nSPS) is 13.9. The molecule has 1 aromatic heterocycles. The van der Waals surface area contributed by atoms with E-state index in [2.05, 4.69) is 32.3 Å². The van der Waals surface area contributed by atoms with Crippen molar-refractivity contribution in [1.82, 2.24) is 9.78 Å². The summed E-state index contributed by atoms with van der Waals surface area (Å²) < 4.78 is 14.4. The Labute approximate surface area is 183 Å². The number of hydrogen-bond acceptors (Lipinski definition) is 5. The van der Waals surface area contributed by atoms with E-state index in [-0.39, 0.29) is 17.1 Å². The molecular weight excluding hydrogens is 421 g/mol. The first-order valence-corrected chi connectivity index (χ1v) is 10.3. The van der Waals surface area contributed by atoms with Gasteiger partial charge in [0.1, 0.15) is 18.2 Å². The van der Waals surface area contributed by atoms with Crippen LogP contribution in [0.3, 0.4) is 0 Å². The Morgan fingerprint density at radius 3 is 2.42 bits per heavy atom. The van der Waals surface area contributed by atoms with Crippen LogP contribution in [0.15, 0.2) is 65.5 Å². The lowest BCUT2D eigenvalue weighted by Crippen LogP contribution is -2.47. The quantitative estimate of drug-likeness (QED) is 0.659. The number of para-hydroxylation sites is 1. The molecular formula is C22H21ClFN5O2. The Bertz CT molecular complexity index is 1130. The third-order valence-electron chi connectivity index (χ3n) is 5.07. The number of carbonyl (C=O) groups is 1. The molecule has 0 aliphatic carbocycles. The summed E-state index contributed by atoms with van der Waals surface area (Å²) >= 11 is 5.74. The lowest BCUT2D eigenvalue weighted by atomic mass is 10.2. The van der Waals surface area contributed by atoms with Crippen molar-refractivity contribution in [2.24, 2.45) is 0 Å². The van der Waals surface area contributed by atoms with Crippen molar-refractivity contribution in [1.29, 1.82) is 0 Å². The molecule has 0 radical (unpaired) electrons. The summed E-state index contributed by atoms with van der Waals surface area (Å²) in [7, 11) is 0. The van der Waals surface area contributed by atoms with Gasteiger partial charge in [-0.05, 0) is 36.4 Å². The lowest BCUT2D eigenvalue weighted by molar-refractivity contribution is -0.117. The molecule has 1 fully saturated rings. The average Bonchev–Trinajstić information content (AvgIpc) is 2.78. The van der Waals surface area contributed by atoms with Crippen LogP contribution in [0.25, 0.3) is 0 Å². The molecule has 2 heterocycles. The monoisotopic (exact) mass is 441 g/mol. The maximum Gasteiger partial charge on any atom is 0.267 e. The van der Waals surface area contributed by atoms with Gasteiger partial charge in [-0.3, -0.25) is 9.59 Å². The van der Waals surface area contributed by atoms with Crippen molar-refractivity contribution < 1.29 is 9.18 Å². The fourth-order valence-corrected chi connectivity index (χ4v) is 3.64. The number of nitrogens with one attached hydrogen (secondary N) is 1. The maximum absolute atomic E-state index is 13.3. The van der Waals surface area contributed by atoms with Crippen molar-refractivity contribution >= 4 is 34.7 Å². The van der Waals surface area contributed by atoms with Crippen LogP contribution < -0.4 is 20.7 Å². The summed E-state index contributed by atoms with van der Waals surface area (Å²) in [5.74, 6) is -0.383. The Hall–Kier alpha value is -3.39. The molecule has 1 saturated heterocycles. The number of halogens is 2. The molecule has 0 spiro atoms. The molecule has 1 aliphatic heterocycles. The van der Waals surface area contributed by atoms with Crippen molar-refractivity contribution in [2.75, 3.05) is 41.3 Å². The molecule has 0 bridgehead atoms. The van der Waals surface area contributed by atoms with E-state index in [1.165, 1.54) is 23.9 Å². The van der Waals surface area contributed by atoms with Gasteiger partial charge in [-0.15, -0.1) is 0 Å². The first-order chi connectivity index (χ1) is 15.0. The number of rotatable bonds is 5. The van der Waals surface area contributed by atoms with Crippen LogP contribution in [0.5, 0.6) is 0 Å². The van der Waals surface area contributed by atoms with E-state index in [9.17, 15) is 14.0 Å². The highest BCUT2D eigenvalue weighted by Crippen LogP contribution is 2.20. The number of nitrogens with zero attached hydrogens (tertiary/aromatic N) is 4. The zero-order valence-electron chi connectivity index (χ0n) is 16.7. The van der Waals surface area contributed by atoms with Gasteiger partial charge in [-0.1, -0.05) is 29.8 Å². The molecule has 4 rings (SSSR count). The van der Waals surface area contributed by atoms with Gasteiger partial charge in [-0.2, -0.15) is 5.10 Å². The minimum absolute atomic E-state index is 0.0928. The molecule has 1 aliphatic rings. The smallest absolute Gasteiger partial charge is 0.267 e. The molecule has 31 heavy (non-hydrogen) atoms. The molecule has 1 amide bonds.